The summed E-state index contributed by atoms with van der Waals surface area (Å²) < 4.78 is 7.51. The van der Waals surface area contributed by atoms with Gasteiger partial charge in [0.1, 0.15) is 17.4 Å². The van der Waals surface area contributed by atoms with Crippen LogP contribution in [-0.4, -0.2) is 81.4 Å². The highest BCUT2D eigenvalue weighted by atomic mass is 35.5. The Morgan fingerprint density at radius 3 is 2.77 bits per heavy atom. The minimum absolute atomic E-state index is 0.250. The molecule has 2 saturated heterocycles. The molecule has 2 fully saturated rings. The molecule has 2 aromatic rings. The topological polar surface area (TPSA) is 116 Å². The van der Waals surface area contributed by atoms with Crippen LogP contribution in [0.5, 0.6) is 0 Å². The number of hydrogen-bond acceptors (Lipinski definition) is 6. The number of ether oxygens (including phenoxy) is 1. The number of aliphatic hydroxyl groups excluding tert-OH is 1. The summed E-state index contributed by atoms with van der Waals surface area (Å²) in [6.45, 7) is 3.09. The van der Waals surface area contributed by atoms with Gasteiger partial charge in [0.15, 0.2) is 0 Å². The number of nitrogens with zero attached hydrogens (tertiary/aromatic N) is 3. The summed E-state index contributed by atoms with van der Waals surface area (Å²) in [5.74, 6) is -0.294. The monoisotopic (exact) mass is 438 g/mol. The van der Waals surface area contributed by atoms with Crippen molar-refractivity contribution in [1.82, 2.24) is 19.6 Å². The maximum atomic E-state index is 12.6. The van der Waals surface area contributed by atoms with Gasteiger partial charge in [-0.2, -0.15) is 0 Å². The zero-order chi connectivity index (χ0) is 21.5. The van der Waals surface area contributed by atoms with Gasteiger partial charge in [-0.1, -0.05) is 18.0 Å². The molecule has 3 N–H and O–H groups in total. The highest BCUT2D eigenvalue weighted by Crippen LogP contribution is 2.19. The maximum Gasteiger partial charge on any atom is 0.290 e. The maximum absolute atomic E-state index is 12.6. The van der Waals surface area contributed by atoms with Crippen LogP contribution in [0.2, 0.25) is 5.02 Å². The summed E-state index contributed by atoms with van der Waals surface area (Å²) in [6.07, 6.45) is 6.60. The normalized spacial score (nSPS) is 24.7. The lowest BCUT2D eigenvalue weighted by atomic mass is 9.98. The second kappa shape index (κ2) is 10.7. The van der Waals surface area contributed by atoms with Gasteiger partial charge in [-0.05, 0) is 44.5 Å². The molecule has 0 aliphatic carbocycles. The molecule has 2 aromatic heterocycles. The van der Waals surface area contributed by atoms with E-state index in [2.05, 4.69) is 15.2 Å². The van der Waals surface area contributed by atoms with Gasteiger partial charge in [-0.15, -0.1) is 0 Å². The predicted molar refractivity (Wildman–Crippen MR) is 111 cm³/mol. The predicted octanol–water partition coefficient (Wildman–Crippen LogP) is 1.42. The molecule has 0 spiro atoms. The number of halogens is 1. The fourth-order valence-electron chi connectivity index (χ4n) is 3.91. The van der Waals surface area contributed by atoms with Gasteiger partial charge in [0, 0.05) is 25.5 Å². The number of carboxylic acid groups (broad SMARTS) is 1. The van der Waals surface area contributed by atoms with E-state index in [1.54, 1.807) is 28.9 Å². The Kier molecular flexibility index (Phi) is 8.03. The molecule has 2 aliphatic heterocycles. The van der Waals surface area contributed by atoms with Crippen LogP contribution in [0, 0.1) is 0 Å². The van der Waals surface area contributed by atoms with Crippen LogP contribution in [0.4, 0.5) is 0 Å². The largest absolute Gasteiger partial charge is 0.483 e. The first-order chi connectivity index (χ1) is 14.5. The number of fused-ring (bicyclic) bond motifs is 1. The third-order valence-electron chi connectivity index (χ3n) is 5.40. The molecule has 3 atom stereocenters. The first-order valence-corrected chi connectivity index (χ1v) is 10.4. The Morgan fingerprint density at radius 2 is 2.03 bits per heavy atom. The van der Waals surface area contributed by atoms with Crippen molar-refractivity contribution in [2.45, 2.75) is 43.9 Å². The number of amides is 1. The number of rotatable bonds is 4. The summed E-state index contributed by atoms with van der Waals surface area (Å²) in [4.78, 5) is 27.7. The number of likely N-dealkylation sites (tertiary alicyclic amines) is 1. The number of aliphatic hydroxyl groups is 1. The molecular weight excluding hydrogens is 412 g/mol. The fourth-order valence-corrected chi connectivity index (χ4v) is 4.07. The van der Waals surface area contributed by atoms with E-state index < -0.39 is 6.10 Å². The quantitative estimate of drug-likeness (QED) is 0.618. The van der Waals surface area contributed by atoms with Crippen LogP contribution in [0.3, 0.4) is 0 Å². The number of piperidine rings is 1. The van der Waals surface area contributed by atoms with Crippen LogP contribution >= 0.6 is 11.6 Å². The van der Waals surface area contributed by atoms with Gasteiger partial charge in [0.25, 0.3) is 12.4 Å². The molecule has 10 heteroatoms. The third-order valence-corrected chi connectivity index (χ3v) is 5.63. The second-order valence-corrected chi connectivity index (χ2v) is 7.91. The summed E-state index contributed by atoms with van der Waals surface area (Å²) >= 11 is 5.98. The molecule has 0 aromatic carbocycles. The zero-order valence-corrected chi connectivity index (χ0v) is 17.4. The van der Waals surface area contributed by atoms with E-state index in [0.29, 0.717) is 35.9 Å². The first-order valence-electron chi connectivity index (χ1n) is 10.1. The third kappa shape index (κ3) is 5.69. The van der Waals surface area contributed by atoms with Gasteiger partial charge < -0.3 is 29.6 Å². The van der Waals surface area contributed by atoms with Crippen LogP contribution in [0.15, 0.2) is 24.5 Å². The smallest absolute Gasteiger partial charge is 0.290 e. The van der Waals surface area contributed by atoms with E-state index in [0.717, 1.165) is 13.1 Å². The van der Waals surface area contributed by atoms with E-state index in [-0.39, 0.29) is 24.5 Å². The van der Waals surface area contributed by atoms with Gasteiger partial charge in [-0.25, -0.2) is 4.98 Å². The van der Waals surface area contributed by atoms with Crippen LogP contribution in [0.1, 0.15) is 36.2 Å². The molecule has 9 nitrogen and oxygen atoms in total. The number of hydrogen-bond donors (Lipinski definition) is 3. The standard InChI is InChI=1S/C19H25ClN4O3.CH2O2/c20-13-4-5-17-21-15(11-24(17)10-13)19(26)22-14-6-9-27-16(18(14)25)12-23-7-2-1-3-8-23;2-1-3/h4-5,10-11,14,16,18,25H,1-3,6-9,12H2,(H,22,26);1H,(H,2,3)/t14-,16+,18-;/m0./s1. The van der Waals surface area contributed by atoms with E-state index in [1.807, 2.05) is 0 Å². The van der Waals surface area contributed by atoms with Crippen molar-refractivity contribution in [3.05, 3.63) is 35.2 Å². The van der Waals surface area contributed by atoms with Gasteiger partial charge in [-0.3, -0.25) is 9.59 Å². The van der Waals surface area contributed by atoms with Gasteiger partial charge in [0.05, 0.1) is 17.2 Å². The molecule has 4 rings (SSSR count). The molecule has 4 heterocycles. The van der Waals surface area contributed by atoms with E-state index in [1.165, 1.54) is 19.3 Å². The number of carbonyl (C=O) groups excluding carboxylic acids is 1. The van der Waals surface area contributed by atoms with Crippen molar-refractivity contribution in [1.29, 1.82) is 0 Å². The highest BCUT2D eigenvalue weighted by molar-refractivity contribution is 6.30. The first kappa shape index (κ1) is 22.5. The number of nitrogens with one attached hydrogen (secondary N) is 1. The average molecular weight is 439 g/mol. The number of imidazole rings is 1. The van der Waals surface area contributed by atoms with Gasteiger partial charge in [0.2, 0.25) is 0 Å². The fraction of sp³-hybridized carbons (Fsp3) is 0.550. The lowest BCUT2D eigenvalue weighted by molar-refractivity contribution is -0.122. The van der Waals surface area contributed by atoms with Crippen LogP contribution < -0.4 is 5.32 Å². The molecule has 0 radical (unpaired) electrons. The molecular formula is C20H27ClN4O5. The summed E-state index contributed by atoms with van der Waals surface area (Å²) in [5, 5.41) is 21.1. The average Bonchev–Trinajstić information content (AvgIpc) is 3.16. The molecule has 30 heavy (non-hydrogen) atoms. The van der Waals surface area contributed by atoms with Crippen molar-refractivity contribution in [3.8, 4) is 0 Å². The van der Waals surface area contributed by atoms with Crippen molar-refractivity contribution >= 4 is 29.6 Å². The van der Waals surface area contributed by atoms with Crippen LogP contribution in [0.25, 0.3) is 5.65 Å². The SMILES string of the molecule is O=C(N[C@H]1CCO[C@H](CN2CCCCC2)[C@H]1O)c1cn2cc(Cl)ccc2n1.O=CO. The summed E-state index contributed by atoms with van der Waals surface area (Å²) in [6, 6.07) is 3.16. The number of pyridine rings is 1. The molecule has 2 aliphatic rings. The molecule has 0 saturated carbocycles. The zero-order valence-electron chi connectivity index (χ0n) is 16.6. The Bertz CT molecular complexity index is 855. The van der Waals surface area contributed by atoms with Crippen molar-refractivity contribution in [2.75, 3.05) is 26.2 Å². The molecule has 0 unspecified atom stereocenters. The Balaban J connectivity index is 0.000000806. The highest BCUT2D eigenvalue weighted by Gasteiger charge is 2.35. The van der Waals surface area contributed by atoms with E-state index in [4.69, 9.17) is 26.2 Å². The lowest BCUT2D eigenvalue weighted by Crippen LogP contribution is -2.56. The minimum Gasteiger partial charge on any atom is -0.483 e. The van der Waals surface area contributed by atoms with Crippen molar-refractivity contribution < 1.29 is 24.5 Å². The second-order valence-electron chi connectivity index (χ2n) is 7.47. The molecule has 0 bridgehead atoms. The molecule has 1 amide bonds. The number of aromatic nitrogens is 2. The minimum atomic E-state index is -0.726. The van der Waals surface area contributed by atoms with E-state index >= 15 is 0 Å². The summed E-state index contributed by atoms with van der Waals surface area (Å²) in [5.41, 5.74) is 0.962. The Morgan fingerprint density at radius 1 is 1.30 bits per heavy atom. The summed E-state index contributed by atoms with van der Waals surface area (Å²) in [7, 11) is 0. The Hall–Kier alpha value is -2.20. The van der Waals surface area contributed by atoms with Crippen LogP contribution in [-0.2, 0) is 9.53 Å². The van der Waals surface area contributed by atoms with Crippen molar-refractivity contribution in [3.63, 3.8) is 0 Å². The van der Waals surface area contributed by atoms with Crippen molar-refractivity contribution in [2.24, 2.45) is 0 Å². The van der Waals surface area contributed by atoms with Gasteiger partial charge >= 0.3 is 0 Å². The van der Waals surface area contributed by atoms with E-state index in [9.17, 15) is 9.90 Å². The lowest BCUT2D eigenvalue weighted by Gasteiger charge is -2.38. The molecule has 164 valence electrons. The number of carbonyl (C=O) groups is 2. The Labute approximate surface area is 179 Å².